The van der Waals surface area contributed by atoms with Gasteiger partial charge in [-0.25, -0.2) is 4.98 Å². The maximum absolute atomic E-state index is 11.3. The maximum Gasteiger partial charge on any atom is 0.177 e. The number of ketones is 1. The van der Waals surface area contributed by atoms with E-state index in [1.807, 2.05) is 19.2 Å². The predicted molar refractivity (Wildman–Crippen MR) is 63.7 cm³/mol. The minimum atomic E-state index is 0.00946. The highest BCUT2D eigenvalue weighted by atomic mass is 35.5. The van der Waals surface area contributed by atoms with Gasteiger partial charge in [-0.3, -0.25) is 4.79 Å². The van der Waals surface area contributed by atoms with E-state index in [4.69, 9.17) is 11.6 Å². The van der Waals surface area contributed by atoms with Gasteiger partial charge in [0.25, 0.3) is 0 Å². The van der Waals surface area contributed by atoms with Crippen molar-refractivity contribution in [2.45, 2.75) is 6.92 Å². The SMILES string of the molecule is CC(=O)c1cnc(-c2ccc(Cl)cc2)n1C. The number of aromatic nitrogens is 2. The Hall–Kier alpha value is -1.61. The predicted octanol–water partition coefficient (Wildman–Crippen LogP) is 2.94. The fourth-order valence-electron chi connectivity index (χ4n) is 1.60. The lowest BCUT2D eigenvalue weighted by molar-refractivity contribution is 0.101. The third kappa shape index (κ3) is 1.86. The van der Waals surface area contributed by atoms with Gasteiger partial charge in [0.1, 0.15) is 11.5 Å². The number of Topliss-reactive ketones (excluding diaryl/α,β-unsaturated/α-hetero) is 1. The summed E-state index contributed by atoms with van der Waals surface area (Å²) in [5, 5.41) is 0.685. The molecule has 0 N–H and O–H groups in total. The fraction of sp³-hybridized carbons (Fsp3) is 0.167. The van der Waals surface area contributed by atoms with Crippen molar-refractivity contribution >= 4 is 17.4 Å². The minimum absolute atomic E-state index is 0.00946. The van der Waals surface area contributed by atoms with Gasteiger partial charge in [-0.2, -0.15) is 0 Å². The molecule has 0 aliphatic rings. The number of carbonyl (C=O) groups is 1. The summed E-state index contributed by atoms with van der Waals surface area (Å²) < 4.78 is 1.78. The second-order valence-electron chi connectivity index (χ2n) is 3.59. The monoisotopic (exact) mass is 234 g/mol. The molecule has 2 rings (SSSR count). The number of carbonyl (C=O) groups excluding carboxylic acids is 1. The molecule has 0 fully saturated rings. The van der Waals surface area contributed by atoms with Crippen molar-refractivity contribution in [2.75, 3.05) is 0 Å². The molecule has 0 aliphatic heterocycles. The van der Waals surface area contributed by atoms with E-state index in [0.717, 1.165) is 11.4 Å². The number of nitrogens with zero attached hydrogens (tertiary/aromatic N) is 2. The summed E-state index contributed by atoms with van der Waals surface area (Å²) in [6, 6.07) is 7.38. The number of halogens is 1. The van der Waals surface area contributed by atoms with Crippen LogP contribution in [-0.2, 0) is 7.05 Å². The van der Waals surface area contributed by atoms with Crippen molar-refractivity contribution in [3.63, 3.8) is 0 Å². The average Bonchev–Trinajstić information content (AvgIpc) is 2.61. The highest BCUT2D eigenvalue weighted by molar-refractivity contribution is 6.30. The fourth-order valence-corrected chi connectivity index (χ4v) is 1.73. The van der Waals surface area contributed by atoms with Gasteiger partial charge in [0.05, 0.1) is 6.20 Å². The van der Waals surface area contributed by atoms with E-state index in [0.29, 0.717) is 10.7 Å². The smallest absolute Gasteiger partial charge is 0.177 e. The summed E-state index contributed by atoms with van der Waals surface area (Å²) in [6.45, 7) is 1.53. The molecule has 2 aromatic rings. The maximum atomic E-state index is 11.3. The van der Waals surface area contributed by atoms with Gasteiger partial charge < -0.3 is 4.57 Å². The average molecular weight is 235 g/mol. The van der Waals surface area contributed by atoms with Gasteiger partial charge in [-0.05, 0) is 24.3 Å². The zero-order valence-electron chi connectivity index (χ0n) is 9.07. The summed E-state index contributed by atoms with van der Waals surface area (Å²) in [7, 11) is 1.83. The lowest BCUT2D eigenvalue weighted by Gasteiger charge is -2.03. The first kappa shape index (κ1) is 10.9. The van der Waals surface area contributed by atoms with Crippen molar-refractivity contribution in [3.8, 4) is 11.4 Å². The molecule has 0 saturated carbocycles. The Balaban J connectivity index is 2.49. The van der Waals surface area contributed by atoms with Crippen LogP contribution in [0.1, 0.15) is 17.4 Å². The Morgan fingerprint density at radius 3 is 2.44 bits per heavy atom. The molecule has 1 aromatic heterocycles. The molecule has 0 bridgehead atoms. The molecule has 0 radical (unpaired) electrons. The van der Waals surface area contributed by atoms with Crippen LogP contribution in [-0.4, -0.2) is 15.3 Å². The van der Waals surface area contributed by atoms with Gasteiger partial charge in [0.2, 0.25) is 0 Å². The van der Waals surface area contributed by atoms with Crippen molar-refractivity contribution in [1.29, 1.82) is 0 Å². The topological polar surface area (TPSA) is 34.9 Å². The summed E-state index contributed by atoms with van der Waals surface area (Å²) in [4.78, 5) is 15.5. The second kappa shape index (κ2) is 4.10. The highest BCUT2D eigenvalue weighted by Gasteiger charge is 2.11. The van der Waals surface area contributed by atoms with E-state index < -0.39 is 0 Å². The van der Waals surface area contributed by atoms with E-state index >= 15 is 0 Å². The van der Waals surface area contributed by atoms with Crippen LogP contribution in [0.25, 0.3) is 11.4 Å². The first-order valence-corrected chi connectivity index (χ1v) is 5.26. The molecule has 3 nitrogen and oxygen atoms in total. The number of benzene rings is 1. The minimum Gasteiger partial charge on any atom is -0.325 e. The Morgan fingerprint density at radius 2 is 1.94 bits per heavy atom. The molecule has 0 aliphatic carbocycles. The molecule has 0 amide bonds. The zero-order valence-corrected chi connectivity index (χ0v) is 9.82. The first-order chi connectivity index (χ1) is 7.59. The van der Waals surface area contributed by atoms with Crippen LogP contribution in [0.3, 0.4) is 0 Å². The largest absolute Gasteiger partial charge is 0.325 e. The normalized spacial score (nSPS) is 10.4. The van der Waals surface area contributed by atoms with Gasteiger partial charge >= 0.3 is 0 Å². The van der Waals surface area contributed by atoms with Crippen molar-refractivity contribution in [2.24, 2.45) is 7.05 Å². The molecule has 16 heavy (non-hydrogen) atoms. The number of hydrogen-bond donors (Lipinski definition) is 0. The van der Waals surface area contributed by atoms with Gasteiger partial charge in [0.15, 0.2) is 5.78 Å². The molecule has 0 atom stereocenters. The Labute approximate surface area is 98.7 Å². The molecule has 0 saturated heterocycles. The van der Waals surface area contributed by atoms with Gasteiger partial charge in [-0.1, -0.05) is 11.6 Å². The van der Waals surface area contributed by atoms with Crippen molar-refractivity contribution in [3.05, 3.63) is 41.2 Å². The summed E-state index contributed by atoms with van der Waals surface area (Å²) >= 11 is 5.81. The second-order valence-corrected chi connectivity index (χ2v) is 4.03. The third-order valence-corrected chi connectivity index (χ3v) is 2.70. The van der Waals surface area contributed by atoms with E-state index in [2.05, 4.69) is 4.98 Å². The number of imidazole rings is 1. The standard InChI is InChI=1S/C12H11ClN2O/c1-8(16)11-7-14-12(15(11)2)9-3-5-10(13)6-4-9/h3-7H,1-2H3. The molecular weight excluding hydrogens is 224 g/mol. The van der Waals surface area contributed by atoms with Crippen LogP contribution < -0.4 is 0 Å². The van der Waals surface area contributed by atoms with Crippen LogP contribution in [0.4, 0.5) is 0 Å². The molecule has 82 valence electrons. The van der Waals surface area contributed by atoms with Crippen LogP contribution >= 0.6 is 11.6 Å². The van der Waals surface area contributed by atoms with Gasteiger partial charge in [0, 0.05) is 24.6 Å². The van der Waals surface area contributed by atoms with Crippen LogP contribution in [0.2, 0.25) is 5.02 Å². The highest BCUT2D eigenvalue weighted by Crippen LogP contribution is 2.20. The van der Waals surface area contributed by atoms with Crippen LogP contribution in [0, 0.1) is 0 Å². The Kier molecular flexibility index (Phi) is 2.79. The first-order valence-electron chi connectivity index (χ1n) is 4.88. The molecule has 0 unspecified atom stereocenters. The van der Waals surface area contributed by atoms with E-state index in [1.165, 1.54) is 6.92 Å². The Bertz CT molecular complexity index is 528. The van der Waals surface area contributed by atoms with Gasteiger partial charge in [-0.15, -0.1) is 0 Å². The number of rotatable bonds is 2. The molecule has 0 spiro atoms. The summed E-state index contributed by atoms with van der Waals surface area (Å²) in [5.41, 5.74) is 1.55. The number of hydrogen-bond acceptors (Lipinski definition) is 2. The van der Waals surface area contributed by atoms with E-state index in [-0.39, 0.29) is 5.78 Å². The lowest BCUT2D eigenvalue weighted by Crippen LogP contribution is -2.02. The van der Waals surface area contributed by atoms with Crippen molar-refractivity contribution < 1.29 is 4.79 Å². The van der Waals surface area contributed by atoms with E-state index in [1.54, 1.807) is 22.9 Å². The Morgan fingerprint density at radius 1 is 1.31 bits per heavy atom. The van der Waals surface area contributed by atoms with Crippen LogP contribution in [0.5, 0.6) is 0 Å². The molecule has 1 aromatic carbocycles. The molecule has 4 heteroatoms. The van der Waals surface area contributed by atoms with Crippen molar-refractivity contribution in [1.82, 2.24) is 9.55 Å². The summed E-state index contributed by atoms with van der Waals surface area (Å²) in [6.07, 6.45) is 1.59. The third-order valence-electron chi connectivity index (χ3n) is 2.45. The molecule has 1 heterocycles. The lowest BCUT2D eigenvalue weighted by atomic mass is 10.2. The van der Waals surface area contributed by atoms with Crippen LogP contribution in [0.15, 0.2) is 30.5 Å². The zero-order chi connectivity index (χ0) is 11.7. The van der Waals surface area contributed by atoms with E-state index in [9.17, 15) is 4.79 Å². The quantitative estimate of drug-likeness (QED) is 0.749. The molecular formula is C12H11ClN2O. The summed E-state index contributed by atoms with van der Waals surface area (Å²) in [5.74, 6) is 0.775.